The summed E-state index contributed by atoms with van der Waals surface area (Å²) < 4.78 is 5.39. The Kier molecular flexibility index (Phi) is 3.84. The van der Waals surface area contributed by atoms with E-state index >= 15 is 0 Å². The Labute approximate surface area is 108 Å². The normalized spacial score (nSPS) is 14.6. The fourth-order valence-electron chi connectivity index (χ4n) is 2.18. The first kappa shape index (κ1) is 12.9. The maximum Gasteiger partial charge on any atom is 0.225 e. The number of pyridine rings is 1. The van der Waals surface area contributed by atoms with Gasteiger partial charge in [0.2, 0.25) is 11.8 Å². The van der Waals surface area contributed by atoms with Crippen LogP contribution < -0.4 is 4.74 Å². The number of rotatable bonds is 3. The molecule has 0 aliphatic carbocycles. The van der Waals surface area contributed by atoms with Crippen LogP contribution in [0.25, 0.3) is 0 Å². The predicted molar refractivity (Wildman–Crippen MR) is 69.4 cm³/mol. The maximum atomic E-state index is 12.0. The smallest absolute Gasteiger partial charge is 0.225 e. The number of ether oxygens (including phenoxy) is 1. The lowest BCUT2D eigenvalue weighted by molar-refractivity contribution is -0.135. The molecule has 1 aromatic rings. The monoisotopic (exact) mass is 248 g/mol. The van der Waals surface area contributed by atoms with Gasteiger partial charge in [-0.1, -0.05) is 19.9 Å². The van der Waals surface area contributed by atoms with Gasteiger partial charge in [0.25, 0.3) is 0 Å². The molecule has 1 amide bonds. The summed E-state index contributed by atoms with van der Waals surface area (Å²) in [7, 11) is 0. The molecule has 1 aliphatic rings. The number of hydrogen-bond donors (Lipinski definition) is 0. The van der Waals surface area contributed by atoms with Gasteiger partial charge in [-0.05, 0) is 12.5 Å². The summed E-state index contributed by atoms with van der Waals surface area (Å²) in [5.74, 6) is 0.955. The number of aromatic nitrogens is 1. The Bertz CT molecular complexity index is 443. The number of amides is 1. The molecule has 0 aromatic carbocycles. The molecule has 1 aromatic heterocycles. The minimum Gasteiger partial charge on any atom is -0.478 e. The Morgan fingerprint density at radius 3 is 2.94 bits per heavy atom. The Balaban J connectivity index is 2.13. The second kappa shape index (κ2) is 5.38. The number of fused-ring (bicyclic) bond motifs is 1. The molecule has 98 valence electrons. The number of hydrogen-bond acceptors (Lipinski definition) is 3. The minimum absolute atomic E-state index is 0.0576. The molecule has 0 saturated carbocycles. The van der Waals surface area contributed by atoms with Gasteiger partial charge >= 0.3 is 0 Å². The summed E-state index contributed by atoms with van der Waals surface area (Å²) in [5, 5.41) is 0. The van der Waals surface area contributed by atoms with E-state index in [0.29, 0.717) is 19.0 Å². The van der Waals surface area contributed by atoms with Crippen LogP contribution in [0.15, 0.2) is 12.1 Å². The SMILES string of the molecule is CCOc1ccc2c(n1)CCN(C(=O)C(C)C)C2. The lowest BCUT2D eigenvalue weighted by Crippen LogP contribution is -2.38. The average Bonchev–Trinajstić information content (AvgIpc) is 2.37. The van der Waals surface area contributed by atoms with Gasteiger partial charge < -0.3 is 9.64 Å². The summed E-state index contributed by atoms with van der Waals surface area (Å²) in [4.78, 5) is 18.4. The molecular formula is C14H20N2O2. The molecule has 0 spiro atoms. The van der Waals surface area contributed by atoms with Crippen molar-refractivity contribution in [2.75, 3.05) is 13.2 Å². The zero-order valence-corrected chi connectivity index (χ0v) is 11.3. The standard InChI is InChI=1S/C14H20N2O2/c1-4-18-13-6-5-11-9-16(14(17)10(2)3)8-7-12(11)15-13/h5-6,10H,4,7-9H2,1-3H3. The highest BCUT2D eigenvalue weighted by atomic mass is 16.5. The summed E-state index contributed by atoms with van der Waals surface area (Å²) in [6.07, 6.45) is 0.814. The van der Waals surface area contributed by atoms with Gasteiger partial charge in [0.05, 0.1) is 12.3 Å². The van der Waals surface area contributed by atoms with Gasteiger partial charge in [-0.3, -0.25) is 4.79 Å². The Morgan fingerprint density at radius 2 is 2.28 bits per heavy atom. The van der Waals surface area contributed by atoms with Crippen LogP contribution in [0.1, 0.15) is 32.0 Å². The second-order valence-corrected chi connectivity index (χ2v) is 4.85. The van der Waals surface area contributed by atoms with Crippen LogP contribution in [0.3, 0.4) is 0 Å². The van der Waals surface area contributed by atoms with E-state index < -0.39 is 0 Å². The van der Waals surface area contributed by atoms with Gasteiger partial charge in [-0.25, -0.2) is 4.98 Å². The van der Waals surface area contributed by atoms with Crippen molar-refractivity contribution in [1.82, 2.24) is 9.88 Å². The van der Waals surface area contributed by atoms with E-state index in [9.17, 15) is 4.79 Å². The minimum atomic E-state index is 0.0576. The molecule has 4 heteroatoms. The fraction of sp³-hybridized carbons (Fsp3) is 0.571. The van der Waals surface area contributed by atoms with E-state index in [1.54, 1.807) is 0 Å². The third-order valence-electron chi connectivity index (χ3n) is 3.12. The third kappa shape index (κ3) is 2.63. The van der Waals surface area contributed by atoms with E-state index in [1.165, 1.54) is 0 Å². The summed E-state index contributed by atoms with van der Waals surface area (Å²) in [6.45, 7) is 7.88. The van der Waals surface area contributed by atoms with Crippen molar-refractivity contribution >= 4 is 5.91 Å². The Hall–Kier alpha value is -1.58. The van der Waals surface area contributed by atoms with Crippen molar-refractivity contribution in [2.45, 2.75) is 33.7 Å². The highest BCUT2D eigenvalue weighted by Crippen LogP contribution is 2.21. The highest BCUT2D eigenvalue weighted by molar-refractivity contribution is 5.78. The van der Waals surface area contributed by atoms with Crippen LogP contribution in [0.2, 0.25) is 0 Å². The topological polar surface area (TPSA) is 42.4 Å². The zero-order chi connectivity index (χ0) is 13.1. The number of nitrogens with zero attached hydrogens (tertiary/aromatic N) is 2. The van der Waals surface area contributed by atoms with Crippen LogP contribution in [-0.2, 0) is 17.8 Å². The molecule has 0 N–H and O–H groups in total. The quantitative estimate of drug-likeness (QED) is 0.822. The van der Waals surface area contributed by atoms with E-state index in [1.807, 2.05) is 37.8 Å². The van der Waals surface area contributed by atoms with Crippen molar-refractivity contribution in [1.29, 1.82) is 0 Å². The third-order valence-corrected chi connectivity index (χ3v) is 3.12. The van der Waals surface area contributed by atoms with Crippen molar-refractivity contribution in [2.24, 2.45) is 5.92 Å². The van der Waals surface area contributed by atoms with Crippen LogP contribution in [0.4, 0.5) is 0 Å². The average molecular weight is 248 g/mol. The first-order chi connectivity index (χ1) is 8.61. The van der Waals surface area contributed by atoms with Crippen molar-refractivity contribution in [3.63, 3.8) is 0 Å². The fourth-order valence-corrected chi connectivity index (χ4v) is 2.18. The van der Waals surface area contributed by atoms with Gasteiger partial charge in [0.15, 0.2) is 0 Å². The zero-order valence-electron chi connectivity index (χ0n) is 11.3. The molecule has 2 heterocycles. The van der Waals surface area contributed by atoms with Gasteiger partial charge in [0.1, 0.15) is 0 Å². The molecule has 0 bridgehead atoms. The maximum absolute atomic E-state index is 12.0. The van der Waals surface area contributed by atoms with Gasteiger partial charge in [-0.2, -0.15) is 0 Å². The van der Waals surface area contributed by atoms with E-state index in [4.69, 9.17) is 4.74 Å². The van der Waals surface area contributed by atoms with Crippen molar-refractivity contribution in [3.05, 3.63) is 23.4 Å². The molecular weight excluding hydrogens is 228 g/mol. The molecule has 1 aliphatic heterocycles. The molecule has 0 radical (unpaired) electrons. The lowest BCUT2D eigenvalue weighted by Gasteiger charge is -2.29. The van der Waals surface area contributed by atoms with Crippen molar-refractivity contribution in [3.8, 4) is 5.88 Å². The van der Waals surface area contributed by atoms with Gasteiger partial charge in [-0.15, -0.1) is 0 Å². The van der Waals surface area contributed by atoms with E-state index in [-0.39, 0.29) is 11.8 Å². The molecule has 4 nitrogen and oxygen atoms in total. The summed E-state index contributed by atoms with van der Waals surface area (Å²) in [5.41, 5.74) is 2.20. The predicted octanol–water partition coefficient (Wildman–Crippen LogP) is 2.02. The largest absolute Gasteiger partial charge is 0.478 e. The molecule has 18 heavy (non-hydrogen) atoms. The first-order valence-corrected chi connectivity index (χ1v) is 6.52. The number of carbonyl (C=O) groups is 1. The van der Waals surface area contributed by atoms with Crippen LogP contribution in [0.5, 0.6) is 5.88 Å². The molecule has 0 atom stereocenters. The van der Waals surface area contributed by atoms with Crippen LogP contribution in [0, 0.1) is 5.92 Å². The van der Waals surface area contributed by atoms with Crippen LogP contribution in [-0.4, -0.2) is 28.9 Å². The second-order valence-electron chi connectivity index (χ2n) is 4.85. The highest BCUT2D eigenvalue weighted by Gasteiger charge is 2.23. The molecule has 0 fully saturated rings. The lowest BCUT2D eigenvalue weighted by atomic mass is 10.0. The molecule has 0 saturated heterocycles. The van der Waals surface area contributed by atoms with E-state index in [2.05, 4.69) is 4.98 Å². The molecule has 0 unspecified atom stereocenters. The first-order valence-electron chi connectivity index (χ1n) is 6.52. The summed E-state index contributed by atoms with van der Waals surface area (Å²) >= 11 is 0. The van der Waals surface area contributed by atoms with Crippen LogP contribution >= 0.6 is 0 Å². The molecule has 2 rings (SSSR count). The Morgan fingerprint density at radius 1 is 1.50 bits per heavy atom. The van der Waals surface area contributed by atoms with E-state index in [0.717, 1.165) is 24.2 Å². The van der Waals surface area contributed by atoms with Crippen molar-refractivity contribution < 1.29 is 9.53 Å². The number of carbonyl (C=O) groups excluding carboxylic acids is 1. The van der Waals surface area contributed by atoms with Gasteiger partial charge in [0, 0.05) is 31.5 Å². The summed E-state index contributed by atoms with van der Waals surface area (Å²) in [6, 6.07) is 3.90.